The summed E-state index contributed by atoms with van der Waals surface area (Å²) in [6.45, 7) is 2.14. The molecule has 0 spiro atoms. The number of thioether (sulfide) groups is 1. The molecular weight excluding hydrogens is 269 g/mol. The minimum Gasteiger partial charge on any atom is -0.303 e. The average Bonchev–Trinajstić information content (AvgIpc) is 2.48. The number of fused-ring (bicyclic) bond motifs is 1. The fraction of sp³-hybridized carbons (Fsp3) is 0.294. The molecule has 0 aromatic heterocycles. The molecule has 1 nitrogen and oxygen atoms in total. The lowest BCUT2D eigenvalue weighted by atomic mass is 10.0. The third kappa shape index (κ3) is 2.89. The van der Waals surface area contributed by atoms with Gasteiger partial charge in [0.1, 0.15) is 5.82 Å². The van der Waals surface area contributed by atoms with E-state index >= 15 is 0 Å². The summed E-state index contributed by atoms with van der Waals surface area (Å²) >= 11 is 1.93. The van der Waals surface area contributed by atoms with Crippen LogP contribution in [0.2, 0.25) is 0 Å². The molecule has 0 fully saturated rings. The molecular formula is C17H18FNS. The van der Waals surface area contributed by atoms with Crippen LogP contribution < -0.4 is 5.32 Å². The van der Waals surface area contributed by atoms with E-state index in [1.54, 1.807) is 0 Å². The van der Waals surface area contributed by atoms with E-state index in [0.717, 1.165) is 17.7 Å². The summed E-state index contributed by atoms with van der Waals surface area (Å²) in [7, 11) is 0. The van der Waals surface area contributed by atoms with E-state index < -0.39 is 0 Å². The van der Waals surface area contributed by atoms with Gasteiger partial charge in [-0.1, -0.05) is 30.3 Å². The van der Waals surface area contributed by atoms with E-state index in [1.165, 1.54) is 22.6 Å². The van der Waals surface area contributed by atoms with Crippen LogP contribution in [0.3, 0.4) is 0 Å². The highest BCUT2D eigenvalue weighted by Crippen LogP contribution is 2.36. The first-order chi connectivity index (χ1) is 9.74. The Balaban J connectivity index is 1.77. The van der Waals surface area contributed by atoms with E-state index in [0.29, 0.717) is 6.04 Å². The van der Waals surface area contributed by atoms with Crippen LogP contribution in [0.25, 0.3) is 0 Å². The number of hydrogen-bond donors (Lipinski definition) is 1. The van der Waals surface area contributed by atoms with Crippen LogP contribution in [0, 0.1) is 5.82 Å². The Labute approximate surface area is 123 Å². The van der Waals surface area contributed by atoms with Gasteiger partial charge in [0.25, 0.3) is 0 Å². The second-order valence-corrected chi connectivity index (χ2v) is 6.30. The summed E-state index contributed by atoms with van der Waals surface area (Å²) in [6, 6.07) is 16.0. The fourth-order valence-corrected chi connectivity index (χ4v) is 3.79. The number of nitrogens with one attached hydrogen (secondary N) is 1. The number of hydrogen-bond acceptors (Lipinski definition) is 2. The molecule has 2 aromatic rings. The SMILES string of the molecule is C[C@@H](NC1CCSc2ccccc21)c1ccc(F)cc1. The lowest BCUT2D eigenvalue weighted by molar-refractivity contribution is 0.449. The minimum atomic E-state index is -0.180. The van der Waals surface area contributed by atoms with Crippen molar-refractivity contribution in [2.75, 3.05) is 5.75 Å². The smallest absolute Gasteiger partial charge is 0.123 e. The molecule has 0 saturated heterocycles. The summed E-state index contributed by atoms with van der Waals surface area (Å²) in [5.41, 5.74) is 2.51. The Morgan fingerprint density at radius 1 is 1.15 bits per heavy atom. The maximum absolute atomic E-state index is 13.0. The number of halogens is 1. The zero-order valence-electron chi connectivity index (χ0n) is 11.5. The molecule has 0 amide bonds. The molecule has 104 valence electrons. The van der Waals surface area contributed by atoms with Crippen LogP contribution in [0.4, 0.5) is 4.39 Å². The first-order valence-electron chi connectivity index (χ1n) is 6.97. The van der Waals surface area contributed by atoms with Crippen LogP contribution in [0.1, 0.15) is 36.6 Å². The van der Waals surface area contributed by atoms with Gasteiger partial charge < -0.3 is 5.32 Å². The fourth-order valence-electron chi connectivity index (χ4n) is 2.66. The molecule has 0 bridgehead atoms. The maximum Gasteiger partial charge on any atom is 0.123 e. The van der Waals surface area contributed by atoms with Crippen molar-refractivity contribution in [3.8, 4) is 0 Å². The van der Waals surface area contributed by atoms with Crippen molar-refractivity contribution in [3.63, 3.8) is 0 Å². The molecule has 1 heterocycles. The molecule has 0 saturated carbocycles. The van der Waals surface area contributed by atoms with Crippen LogP contribution in [-0.2, 0) is 0 Å². The number of benzene rings is 2. The van der Waals surface area contributed by atoms with Crippen molar-refractivity contribution in [2.45, 2.75) is 30.3 Å². The summed E-state index contributed by atoms with van der Waals surface area (Å²) < 4.78 is 13.0. The molecule has 0 radical (unpaired) electrons. The molecule has 3 heteroatoms. The Morgan fingerprint density at radius 3 is 2.70 bits per heavy atom. The second-order valence-electron chi connectivity index (χ2n) is 5.17. The monoisotopic (exact) mass is 287 g/mol. The standard InChI is InChI=1S/C17H18FNS/c1-12(13-6-8-14(18)9-7-13)19-16-10-11-20-17-5-3-2-4-15(16)17/h2-9,12,16,19H,10-11H2,1H3/t12-,16?/m1/s1. The van der Waals surface area contributed by atoms with Crippen molar-refractivity contribution >= 4 is 11.8 Å². The molecule has 1 aliphatic rings. The second kappa shape index (κ2) is 5.98. The Hall–Kier alpha value is -1.32. The largest absolute Gasteiger partial charge is 0.303 e. The third-order valence-electron chi connectivity index (χ3n) is 3.78. The first-order valence-corrected chi connectivity index (χ1v) is 7.96. The molecule has 2 atom stereocenters. The topological polar surface area (TPSA) is 12.0 Å². The van der Waals surface area contributed by atoms with E-state index in [9.17, 15) is 4.39 Å². The van der Waals surface area contributed by atoms with Gasteiger partial charge in [0.05, 0.1) is 0 Å². The van der Waals surface area contributed by atoms with E-state index in [-0.39, 0.29) is 11.9 Å². The van der Waals surface area contributed by atoms with Crippen LogP contribution >= 0.6 is 11.8 Å². The van der Waals surface area contributed by atoms with Gasteiger partial charge in [0.2, 0.25) is 0 Å². The van der Waals surface area contributed by atoms with Crippen molar-refractivity contribution in [3.05, 3.63) is 65.5 Å². The van der Waals surface area contributed by atoms with E-state index in [4.69, 9.17) is 0 Å². The molecule has 3 rings (SSSR count). The van der Waals surface area contributed by atoms with Gasteiger partial charge in [-0.05, 0) is 48.4 Å². The lowest BCUT2D eigenvalue weighted by Crippen LogP contribution is -2.27. The maximum atomic E-state index is 13.0. The van der Waals surface area contributed by atoms with Gasteiger partial charge >= 0.3 is 0 Å². The third-order valence-corrected chi connectivity index (χ3v) is 4.90. The van der Waals surface area contributed by atoms with Crippen LogP contribution in [0.15, 0.2) is 53.4 Å². The Morgan fingerprint density at radius 2 is 1.90 bits per heavy atom. The van der Waals surface area contributed by atoms with Crippen molar-refractivity contribution in [2.24, 2.45) is 0 Å². The summed E-state index contributed by atoms with van der Waals surface area (Å²) in [4.78, 5) is 1.38. The highest BCUT2D eigenvalue weighted by Gasteiger charge is 2.21. The Kier molecular flexibility index (Phi) is 4.08. The molecule has 2 aromatic carbocycles. The number of rotatable bonds is 3. The Bertz CT molecular complexity index is 582. The van der Waals surface area contributed by atoms with E-state index in [1.807, 2.05) is 23.9 Å². The molecule has 1 N–H and O–H groups in total. The zero-order valence-corrected chi connectivity index (χ0v) is 12.3. The quantitative estimate of drug-likeness (QED) is 0.877. The first kappa shape index (κ1) is 13.7. The van der Waals surface area contributed by atoms with Crippen molar-refractivity contribution < 1.29 is 4.39 Å². The molecule has 20 heavy (non-hydrogen) atoms. The predicted molar refractivity (Wildman–Crippen MR) is 82.5 cm³/mol. The molecule has 0 aliphatic carbocycles. The normalized spacial score (nSPS) is 19.4. The predicted octanol–water partition coefficient (Wildman–Crippen LogP) is 4.71. The zero-order chi connectivity index (χ0) is 13.9. The van der Waals surface area contributed by atoms with Gasteiger partial charge in [-0.15, -0.1) is 11.8 Å². The minimum absolute atomic E-state index is 0.180. The van der Waals surface area contributed by atoms with Crippen molar-refractivity contribution in [1.82, 2.24) is 5.32 Å². The van der Waals surface area contributed by atoms with Crippen molar-refractivity contribution in [1.29, 1.82) is 0 Å². The van der Waals surface area contributed by atoms with Crippen LogP contribution in [-0.4, -0.2) is 5.75 Å². The van der Waals surface area contributed by atoms with Gasteiger partial charge in [0.15, 0.2) is 0 Å². The lowest BCUT2D eigenvalue weighted by Gasteiger charge is -2.29. The average molecular weight is 287 g/mol. The van der Waals surface area contributed by atoms with Gasteiger partial charge in [0, 0.05) is 17.0 Å². The van der Waals surface area contributed by atoms with Gasteiger partial charge in [-0.25, -0.2) is 4.39 Å². The van der Waals surface area contributed by atoms with Gasteiger partial charge in [-0.2, -0.15) is 0 Å². The van der Waals surface area contributed by atoms with E-state index in [2.05, 4.69) is 36.5 Å². The summed E-state index contributed by atoms with van der Waals surface area (Å²) in [5, 5.41) is 3.67. The van der Waals surface area contributed by atoms with Crippen LogP contribution in [0.5, 0.6) is 0 Å². The summed E-state index contributed by atoms with van der Waals surface area (Å²) in [6.07, 6.45) is 1.13. The molecule has 1 unspecified atom stereocenters. The highest BCUT2D eigenvalue weighted by molar-refractivity contribution is 7.99. The summed E-state index contributed by atoms with van der Waals surface area (Å²) in [5.74, 6) is 0.963. The highest BCUT2D eigenvalue weighted by atomic mass is 32.2. The molecule has 1 aliphatic heterocycles. The van der Waals surface area contributed by atoms with Gasteiger partial charge in [-0.3, -0.25) is 0 Å².